The maximum absolute atomic E-state index is 12.3. The first-order chi connectivity index (χ1) is 11.6. The van der Waals surface area contributed by atoms with Gasteiger partial charge < -0.3 is 20.5 Å². The number of carbonyl (C=O) groups is 1. The fourth-order valence-corrected chi connectivity index (χ4v) is 3.57. The van der Waals surface area contributed by atoms with E-state index in [2.05, 4.69) is 15.5 Å². The summed E-state index contributed by atoms with van der Waals surface area (Å²) < 4.78 is 5.43. The van der Waals surface area contributed by atoms with Gasteiger partial charge in [0.2, 0.25) is 5.91 Å². The van der Waals surface area contributed by atoms with Crippen molar-refractivity contribution >= 4 is 17.5 Å². The van der Waals surface area contributed by atoms with Gasteiger partial charge in [-0.2, -0.15) is 0 Å². The number of nitrogens with zero attached hydrogens (tertiary/aromatic N) is 1. The molecular formula is C17H24ClN3O3. The van der Waals surface area contributed by atoms with Gasteiger partial charge >= 0.3 is 0 Å². The fourth-order valence-electron chi connectivity index (χ4n) is 3.31. The third-order valence-corrected chi connectivity index (χ3v) is 4.99. The number of aliphatic hydroxyl groups excluding tert-OH is 1. The molecule has 2 heterocycles. The highest BCUT2D eigenvalue weighted by atomic mass is 35.5. The lowest BCUT2D eigenvalue weighted by atomic mass is 10.0. The molecule has 0 aliphatic carbocycles. The quantitative estimate of drug-likeness (QED) is 0.721. The van der Waals surface area contributed by atoms with E-state index in [0.717, 1.165) is 18.7 Å². The Labute approximate surface area is 147 Å². The average Bonchev–Trinajstić information content (AvgIpc) is 3.04. The summed E-state index contributed by atoms with van der Waals surface area (Å²) in [4.78, 5) is 14.6. The highest BCUT2D eigenvalue weighted by Crippen LogP contribution is 2.27. The van der Waals surface area contributed by atoms with Crippen LogP contribution in [0.3, 0.4) is 0 Å². The van der Waals surface area contributed by atoms with E-state index in [1.54, 1.807) is 0 Å². The lowest BCUT2D eigenvalue weighted by molar-refractivity contribution is -0.123. The van der Waals surface area contributed by atoms with Crippen LogP contribution < -0.4 is 10.6 Å². The average molecular weight is 354 g/mol. The Balaban J connectivity index is 1.68. The molecule has 1 amide bonds. The van der Waals surface area contributed by atoms with Crippen molar-refractivity contribution in [3.8, 4) is 0 Å². The number of ether oxygens (including phenoxy) is 1. The summed E-state index contributed by atoms with van der Waals surface area (Å²) in [5.41, 5.74) is 1.01. The standard InChI is InChI=1S/C17H24ClN3O3/c18-14-4-2-1-3-13(14)16(21-5-7-24-8-6-21)11-20-17(23)15-9-12(22)10-19-15/h1-4,12,15-16,19,22H,5-11H2,(H,20,23)/t12-,15-,16-/m1/s1. The summed E-state index contributed by atoms with van der Waals surface area (Å²) >= 11 is 6.38. The summed E-state index contributed by atoms with van der Waals surface area (Å²) in [6, 6.07) is 7.44. The molecule has 3 rings (SSSR count). The van der Waals surface area contributed by atoms with Gasteiger partial charge in [0.05, 0.1) is 31.4 Å². The summed E-state index contributed by atoms with van der Waals surface area (Å²) in [7, 11) is 0. The molecule has 0 unspecified atom stereocenters. The number of amides is 1. The Morgan fingerprint density at radius 1 is 1.42 bits per heavy atom. The third-order valence-electron chi connectivity index (χ3n) is 4.64. The zero-order chi connectivity index (χ0) is 16.9. The van der Waals surface area contributed by atoms with E-state index in [4.69, 9.17) is 16.3 Å². The first-order valence-electron chi connectivity index (χ1n) is 8.40. The van der Waals surface area contributed by atoms with E-state index in [1.165, 1.54) is 0 Å². The van der Waals surface area contributed by atoms with Crippen molar-refractivity contribution in [2.45, 2.75) is 24.6 Å². The van der Waals surface area contributed by atoms with E-state index in [0.29, 0.717) is 37.7 Å². The molecule has 2 aliphatic heterocycles. The van der Waals surface area contributed by atoms with Crippen LogP contribution in [-0.2, 0) is 9.53 Å². The minimum absolute atomic E-state index is 0.0119. The third kappa shape index (κ3) is 4.26. The second-order valence-electron chi connectivity index (χ2n) is 6.28. The van der Waals surface area contributed by atoms with Crippen LogP contribution in [0, 0.1) is 0 Å². The van der Waals surface area contributed by atoms with E-state index < -0.39 is 6.10 Å². The number of nitrogens with one attached hydrogen (secondary N) is 2. The van der Waals surface area contributed by atoms with Gasteiger partial charge in [-0.25, -0.2) is 0 Å². The predicted octanol–water partition coefficient (Wildman–Crippen LogP) is 0.552. The Hall–Kier alpha value is -1.18. The van der Waals surface area contributed by atoms with Gasteiger partial charge in [0, 0.05) is 31.2 Å². The number of carbonyl (C=O) groups excluding carboxylic acids is 1. The summed E-state index contributed by atoms with van der Waals surface area (Å²) in [5.74, 6) is -0.0723. The van der Waals surface area contributed by atoms with Gasteiger partial charge in [-0.15, -0.1) is 0 Å². The molecule has 0 radical (unpaired) electrons. The van der Waals surface area contributed by atoms with Crippen molar-refractivity contribution in [2.75, 3.05) is 39.4 Å². The molecule has 0 saturated carbocycles. The van der Waals surface area contributed by atoms with Crippen LogP contribution in [0.2, 0.25) is 5.02 Å². The molecule has 7 heteroatoms. The lowest BCUT2D eigenvalue weighted by Crippen LogP contribution is -2.47. The fraction of sp³-hybridized carbons (Fsp3) is 0.588. The van der Waals surface area contributed by atoms with E-state index in [9.17, 15) is 9.90 Å². The Morgan fingerprint density at radius 2 is 2.17 bits per heavy atom. The molecule has 1 aromatic rings. The Kier molecular flexibility index (Phi) is 6.08. The molecule has 0 aromatic heterocycles. The van der Waals surface area contributed by atoms with Gasteiger partial charge in [-0.05, 0) is 18.1 Å². The SMILES string of the molecule is O=C(NC[C@H](c1ccccc1Cl)N1CCOCC1)[C@H]1C[C@@H](O)CN1. The maximum Gasteiger partial charge on any atom is 0.237 e. The molecule has 24 heavy (non-hydrogen) atoms. The molecule has 2 fully saturated rings. The van der Waals surface area contributed by atoms with Crippen LogP contribution in [0.25, 0.3) is 0 Å². The summed E-state index contributed by atoms with van der Waals surface area (Å²) in [5, 5.41) is 16.3. The van der Waals surface area contributed by atoms with Crippen LogP contribution >= 0.6 is 11.6 Å². The van der Waals surface area contributed by atoms with Crippen molar-refractivity contribution in [1.29, 1.82) is 0 Å². The highest BCUT2D eigenvalue weighted by Gasteiger charge is 2.30. The van der Waals surface area contributed by atoms with Gasteiger partial charge in [0.25, 0.3) is 0 Å². The van der Waals surface area contributed by atoms with E-state index >= 15 is 0 Å². The number of benzene rings is 1. The number of rotatable bonds is 5. The zero-order valence-corrected chi connectivity index (χ0v) is 14.3. The first kappa shape index (κ1) is 17.6. The molecule has 2 saturated heterocycles. The van der Waals surface area contributed by atoms with Crippen molar-refractivity contribution in [3.05, 3.63) is 34.9 Å². The molecular weight excluding hydrogens is 330 g/mol. The normalized spacial score (nSPS) is 26.2. The number of morpholine rings is 1. The highest BCUT2D eigenvalue weighted by molar-refractivity contribution is 6.31. The second-order valence-corrected chi connectivity index (χ2v) is 6.69. The summed E-state index contributed by atoms with van der Waals surface area (Å²) in [6.07, 6.45) is 0.0134. The molecule has 3 N–H and O–H groups in total. The Bertz CT molecular complexity index is 566. The maximum atomic E-state index is 12.3. The van der Waals surface area contributed by atoms with E-state index in [1.807, 2.05) is 24.3 Å². The minimum atomic E-state index is -0.445. The van der Waals surface area contributed by atoms with Crippen LogP contribution in [0.5, 0.6) is 0 Å². The zero-order valence-electron chi connectivity index (χ0n) is 13.6. The van der Waals surface area contributed by atoms with Crippen LogP contribution in [0.15, 0.2) is 24.3 Å². The molecule has 0 spiro atoms. The van der Waals surface area contributed by atoms with Crippen molar-refractivity contribution in [1.82, 2.24) is 15.5 Å². The molecule has 1 aromatic carbocycles. The topological polar surface area (TPSA) is 73.8 Å². The number of hydrogen-bond acceptors (Lipinski definition) is 5. The van der Waals surface area contributed by atoms with Gasteiger partial charge in [0.15, 0.2) is 0 Å². The van der Waals surface area contributed by atoms with Gasteiger partial charge in [-0.1, -0.05) is 29.8 Å². The predicted molar refractivity (Wildman–Crippen MR) is 92.0 cm³/mol. The second kappa shape index (κ2) is 8.27. The minimum Gasteiger partial charge on any atom is -0.392 e. The van der Waals surface area contributed by atoms with Crippen molar-refractivity contribution in [2.24, 2.45) is 0 Å². The summed E-state index contributed by atoms with van der Waals surface area (Å²) in [6.45, 7) is 3.95. The monoisotopic (exact) mass is 353 g/mol. The van der Waals surface area contributed by atoms with Crippen LogP contribution in [0.4, 0.5) is 0 Å². The molecule has 132 valence electrons. The largest absolute Gasteiger partial charge is 0.392 e. The van der Waals surface area contributed by atoms with E-state index in [-0.39, 0.29) is 18.0 Å². The smallest absolute Gasteiger partial charge is 0.237 e. The van der Waals surface area contributed by atoms with Crippen molar-refractivity contribution < 1.29 is 14.6 Å². The number of β-amino-alcohol motifs (C(OH)–C–C–N with tert-alkyl or cyclic N) is 1. The molecule has 2 aliphatic rings. The molecule has 6 nitrogen and oxygen atoms in total. The number of hydrogen-bond donors (Lipinski definition) is 3. The van der Waals surface area contributed by atoms with Crippen molar-refractivity contribution in [3.63, 3.8) is 0 Å². The first-order valence-corrected chi connectivity index (χ1v) is 8.78. The molecule has 0 bridgehead atoms. The number of aliphatic hydroxyl groups is 1. The number of halogens is 1. The van der Waals surface area contributed by atoms with Gasteiger partial charge in [-0.3, -0.25) is 9.69 Å². The van der Waals surface area contributed by atoms with Crippen LogP contribution in [-0.4, -0.2) is 67.5 Å². The Morgan fingerprint density at radius 3 is 2.83 bits per heavy atom. The van der Waals surface area contributed by atoms with Gasteiger partial charge in [0.1, 0.15) is 0 Å². The van der Waals surface area contributed by atoms with Crippen LogP contribution in [0.1, 0.15) is 18.0 Å². The molecule has 3 atom stereocenters. The lowest BCUT2D eigenvalue weighted by Gasteiger charge is -2.35.